The van der Waals surface area contributed by atoms with E-state index in [1.165, 1.54) is 6.92 Å². The number of carbonyl (C=O) groups is 3. The smallest absolute Gasteiger partial charge is 0.308 e. The molecule has 7 heteroatoms. The van der Waals surface area contributed by atoms with Gasteiger partial charge in [-0.15, -0.1) is 0 Å². The second-order valence-corrected chi connectivity index (χ2v) is 7.50. The van der Waals surface area contributed by atoms with E-state index < -0.39 is 5.97 Å². The summed E-state index contributed by atoms with van der Waals surface area (Å²) >= 11 is 0. The van der Waals surface area contributed by atoms with Gasteiger partial charge in [0, 0.05) is 44.4 Å². The van der Waals surface area contributed by atoms with E-state index in [1.807, 2.05) is 32.0 Å². The summed E-state index contributed by atoms with van der Waals surface area (Å²) in [5.41, 5.74) is 3.50. The number of aryl methyl sites for hydroxylation is 2. The van der Waals surface area contributed by atoms with Crippen LogP contribution in [0.3, 0.4) is 0 Å². The van der Waals surface area contributed by atoms with E-state index in [0.717, 1.165) is 16.8 Å². The zero-order valence-electron chi connectivity index (χ0n) is 17.6. The topological polar surface area (TPSA) is 79.0 Å². The predicted molar refractivity (Wildman–Crippen MR) is 115 cm³/mol. The number of hydrogen-bond acceptors (Lipinski definition) is 5. The second-order valence-electron chi connectivity index (χ2n) is 7.50. The Kier molecular flexibility index (Phi) is 6.84. The van der Waals surface area contributed by atoms with Crippen LogP contribution in [0, 0.1) is 13.8 Å². The molecule has 2 amide bonds. The van der Waals surface area contributed by atoms with Crippen molar-refractivity contribution in [1.82, 2.24) is 9.80 Å². The van der Waals surface area contributed by atoms with E-state index in [-0.39, 0.29) is 11.8 Å². The first-order valence-electron chi connectivity index (χ1n) is 9.99. The molecule has 0 aliphatic carbocycles. The second kappa shape index (κ2) is 9.54. The molecular weight excluding hydrogens is 382 g/mol. The molecule has 0 atom stereocenters. The summed E-state index contributed by atoms with van der Waals surface area (Å²) in [4.78, 5) is 40.0. The molecule has 0 aromatic heterocycles. The van der Waals surface area contributed by atoms with Crippen molar-refractivity contribution in [2.24, 2.45) is 0 Å². The number of anilines is 1. The van der Waals surface area contributed by atoms with Gasteiger partial charge in [-0.25, -0.2) is 0 Å². The Labute approximate surface area is 176 Å². The molecule has 1 fully saturated rings. The van der Waals surface area contributed by atoms with Crippen LogP contribution in [0.25, 0.3) is 0 Å². The molecule has 1 aliphatic rings. The van der Waals surface area contributed by atoms with Crippen LogP contribution < -0.4 is 10.1 Å². The van der Waals surface area contributed by atoms with Gasteiger partial charge in [0.2, 0.25) is 5.91 Å². The fourth-order valence-electron chi connectivity index (χ4n) is 3.52. The van der Waals surface area contributed by atoms with Crippen molar-refractivity contribution in [2.45, 2.75) is 20.8 Å². The average Bonchev–Trinajstić information content (AvgIpc) is 2.71. The summed E-state index contributed by atoms with van der Waals surface area (Å²) in [5.74, 6) is -0.0946. The number of para-hydroxylation sites is 1. The SMILES string of the molecule is CC(=O)Oc1ccc(C(=O)N2CCN(CC(=O)Nc3c(C)cccc3C)CC2)cc1. The van der Waals surface area contributed by atoms with Crippen molar-refractivity contribution in [3.63, 3.8) is 0 Å². The van der Waals surface area contributed by atoms with E-state index >= 15 is 0 Å². The fraction of sp³-hybridized carbons (Fsp3) is 0.348. The van der Waals surface area contributed by atoms with E-state index in [9.17, 15) is 14.4 Å². The Bertz CT molecular complexity index is 912. The minimum Gasteiger partial charge on any atom is -0.427 e. The molecule has 7 nitrogen and oxygen atoms in total. The molecule has 158 valence electrons. The molecular formula is C23H27N3O4. The quantitative estimate of drug-likeness (QED) is 0.607. The molecule has 0 spiro atoms. The van der Waals surface area contributed by atoms with Crippen LogP contribution in [-0.4, -0.2) is 60.3 Å². The molecule has 2 aromatic rings. The molecule has 1 heterocycles. The summed E-state index contributed by atoms with van der Waals surface area (Å²) < 4.78 is 4.99. The normalized spacial score (nSPS) is 14.3. The van der Waals surface area contributed by atoms with Gasteiger partial charge in [0.05, 0.1) is 6.54 Å². The largest absolute Gasteiger partial charge is 0.427 e. The highest BCUT2D eigenvalue weighted by Gasteiger charge is 2.23. The monoisotopic (exact) mass is 409 g/mol. The van der Waals surface area contributed by atoms with Crippen LogP contribution in [0.1, 0.15) is 28.4 Å². The minimum absolute atomic E-state index is 0.0479. The van der Waals surface area contributed by atoms with Crippen LogP contribution in [0.4, 0.5) is 5.69 Å². The highest BCUT2D eigenvalue weighted by atomic mass is 16.5. The third-order valence-corrected chi connectivity index (χ3v) is 5.14. The number of benzene rings is 2. The van der Waals surface area contributed by atoms with Crippen molar-refractivity contribution in [3.05, 3.63) is 59.2 Å². The molecule has 0 saturated carbocycles. The standard InChI is InChI=1S/C23H27N3O4/c1-16-5-4-6-17(2)22(16)24-21(28)15-25-11-13-26(14-12-25)23(29)19-7-9-20(10-8-19)30-18(3)27/h4-10H,11-15H2,1-3H3,(H,24,28). The fourth-order valence-corrected chi connectivity index (χ4v) is 3.52. The van der Waals surface area contributed by atoms with Crippen molar-refractivity contribution in [2.75, 3.05) is 38.0 Å². The van der Waals surface area contributed by atoms with Gasteiger partial charge in [-0.05, 0) is 49.2 Å². The Hall–Kier alpha value is -3.19. The zero-order chi connectivity index (χ0) is 21.7. The lowest BCUT2D eigenvalue weighted by Gasteiger charge is -2.34. The molecule has 30 heavy (non-hydrogen) atoms. The Balaban J connectivity index is 1.50. The average molecular weight is 409 g/mol. The molecule has 0 unspecified atom stereocenters. The number of nitrogens with zero attached hydrogens (tertiary/aromatic N) is 2. The lowest BCUT2D eigenvalue weighted by molar-refractivity contribution is -0.131. The highest BCUT2D eigenvalue weighted by Crippen LogP contribution is 2.19. The number of amides is 2. The Morgan fingerprint density at radius 2 is 1.53 bits per heavy atom. The zero-order valence-corrected chi connectivity index (χ0v) is 17.6. The van der Waals surface area contributed by atoms with Crippen LogP contribution >= 0.6 is 0 Å². The lowest BCUT2D eigenvalue weighted by atomic mass is 10.1. The van der Waals surface area contributed by atoms with Crippen molar-refractivity contribution in [1.29, 1.82) is 0 Å². The first kappa shape index (κ1) is 21.5. The third-order valence-electron chi connectivity index (χ3n) is 5.14. The van der Waals surface area contributed by atoms with E-state index in [2.05, 4.69) is 10.2 Å². The maximum atomic E-state index is 12.7. The van der Waals surface area contributed by atoms with E-state index in [1.54, 1.807) is 29.2 Å². The van der Waals surface area contributed by atoms with Gasteiger partial charge in [-0.2, -0.15) is 0 Å². The van der Waals surface area contributed by atoms with E-state index in [4.69, 9.17) is 4.74 Å². The number of ether oxygens (including phenoxy) is 1. The number of hydrogen-bond donors (Lipinski definition) is 1. The lowest BCUT2D eigenvalue weighted by Crippen LogP contribution is -2.50. The Morgan fingerprint density at radius 3 is 2.10 bits per heavy atom. The predicted octanol–water partition coefficient (Wildman–Crippen LogP) is 2.63. The summed E-state index contributed by atoms with van der Waals surface area (Å²) in [7, 11) is 0. The highest BCUT2D eigenvalue weighted by molar-refractivity contribution is 5.95. The number of piperazine rings is 1. The van der Waals surface area contributed by atoms with Gasteiger partial charge >= 0.3 is 5.97 Å². The van der Waals surface area contributed by atoms with Crippen LogP contribution in [0.2, 0.25) is 0 Å². The molecule has 0 radical (unpaired) electrons. The maximum Gasteiger partial charge on any atom is 0.308 e. The van der Waals surface area contributed by atoms with Crippen molar-refractivity contribution in [3.8, 4) is 5.75 Å². The number of rotatable bonds is 5. The van der Waals surface area contributed by atoms with Gasteiger partial charge in [-0.3, -0.25) is 19.3 Å². The van der Waals surface area contributed by atoms with Gasteiger partial charge in [0.15, 0.2) is 0 Å². The summed E-state index contributed by atoms with van der Waals surface area (Å²) in [6.45, 7) is 7.97. The van der Waals surface area contributed by atoms with Gasteiger partial charge in [0.25, 0.3) is 5.91 Å². The molecule has 1 N–H and O–H groups in total. The maximum absolute atomic E-state index is 12.7. The first-order valence-corrected chi connectivity index (χ1v) is 9.99. The molecule has 3 rings (SSSR count). The molecule has 1 aliphatic heterocycles. The van der Waals surface area contributed by atoms with Crippen molar-refractivity contribution < 1.29 is 19.1 Å². The van der Waals surface area contributed by atoms with Crippen LogP contribution in [0.15, 0.2) is 42.5 Å². The molecule has 0 bridgehead atoms. The Morgan fingerprint density at radius 1 is 0.933 bits per heavy atom. The van der Waals surface area contributed by atoms with Crippen LogP contribution in [-0.2, 0) is 9.59 Å². The molecule has 2 aromatic carbocycles. The van der Waals surface area contributed by atoms with Gasteiger partial charge < -0.3 is 15.0 Å². The summed E-state index contributed by atoms with van der Waals surface area (Å²) in [5, 5.41) is 3.01. The van der Waals surface area contributed by atoms with Gasteiger partial charge in [0.1, 0.15) is 5.75 Å². The number of esters is 1. The number of nitrogens with one attached hydrogen (secondary N) is 1. The van der Waals surface area contributed by atoms with Crippen molar-refractivity contribution >= 4 is 23.5 Å². The first-order chi connectivity index (χ1) is 14.3. The number of carbonyl (C=O) groups excluding carboxylic acids is 3. The van der Waals surface area contributed by atoms with E-state index in [0.29, 0.717) is 44.0 Å². The summed E-state index contributed by atoms with van der Waals surface area (Å²) in [6, 6.07) is 12.5. The summed E-state index contributed by atoms with van der Waals surface area (Å²) in [6.07, 6.45) is 0. The van der Waals surface area contributed by atoms with Crippen LogP contribution in [0.5, 0.6) is 5.75 Å². The van der Waals surface area contributed by atoms with Gasteiger partial charge in [-0.1, -0.05) is 18.2 Å². The molecule has 1 saturated heterocycles. The third kappa shape index (κ3) is 5.45. The minimum atomic E-state index is -0.396.